The van der Waals surface area contributed by atoms with Gasteiger partial charge >= 0.3 is 6.09 Å². The van der Waals surface area contributed by atoms with Gasteiger partial charge < -0.3 is 14.9 Å². The Morgan fingerprint density at radius 3 is 2.47 bits per heavy atom. The molecule has 1 aromatic heterocycles. The fourth-order valence-corrected chi connectivity index (χ4v) is 2.01. The third-order valence-electron chi connectivity index (χ3n) is 2.89. The number of hydrogen-bond donors (Lipinski definition) is 1. The van der Waals surface area contributed by atoms with Crippen LogP contribution in [-0.2, 0) is 0 Å². The van der Waals surface area contributed by atoms with Crippen molar-refractivity contribution in [3.63, 3.8) is 0 Å². The maximum Gasteiger partial charge on any atom is 0.407 e. The van der Waals surface area contributed by atoms with Crippen LogP contribution < -0.4 is 4.90 Å². The largest absolute Gasteiger partial charge is 0.465 e. The van der Waals surface area contributed by atoms with Gasteiger partial charge in [0.2, 0.25) is 0 Å². The lowest BCUT2D eigenvalue weighted by atomic mass is 10.3. The zero-order valence-corrected chi connectivity index (χ0v) is 10.1. The Balaban J connectivity index is 2.08. The van der Waals surface area contributed by atoms with Gasteiger partial charge in [-0.2, -0.15) is 0 Å². The van der Waals surface area contributed by atoms with Gasteiger partial charge in [0.05, 0.1) is 17.6 Å². The molecule has 0 spiro atoms. The van der Waals surface area contributed by atoms with Crippen LogP contribution in [0, 0.1) is 13.8 Å². The van der Waals surface area contributed by atoms with Crippen LogP contribution in [0.2, 0.25) is 0 Å². The topological polar surface area (TPSA) is 69.6 Å². The Morgan fingerprint density at radius 1 is 1.29 bits per heavy atom. The van der Waals surface area contributed by atoms with Gasteiger partial charge in [0, 0.05) is 26.2 Å². The van der Waals surface area contributed by atoms with Crippen LogP contribution >= 0.6 is 0 Å². The summed E-state index contributed by atoms with van der Waals surface area (Å²) in [4.78, 5) is 23.0. The van der Waals surface area contributed by atoms with E-state index in [1.807, 2.05) is 13.8 Å². The van der Waals surface area contributed by atoms with Gasteiger partial charge in [-0.15, -0.1) is 0 Å². The van der Waals surface area contributed by atoms with Crippen molar-refractivity contribution in [3.05, 3.63) is 17.6 Å². The first-order chi connectivity index (χ1) is 8.08. The summed E-state index contributed by atoms with van der Waals surface area (Å²) < 4.78 is 0. The molecule has 0 saturated carbocycles. The number of anilines is 1. The Labute approximate surface area is 99.9 Å². The zero-order valence-electron chi connectivity index (χ0n) is 10.1. The van der Waals surface area contributed by atoms with Crippen molar-refractivity contribution >= 4 is 11.9 Å². The molecular formula is C11H16N4O2. The highest BCUT2D eigenvalue weighted by Gasteiger charge is 2.22. The van der Waals surface area contributed by atoms with Crippen LogP contribution in [0.3, 0.4) is 0 Å². The minimum atomic E-state index is -0.851. The first kappa shape index (κ1) is 11.6. The van der Waals surface area contributed by atoms with Gasteiger partial charge in [0.25, 0.3) is 0 Å². The molecule has 6 nitrogen and oxygen atoms in total. The normalized spacial score (nSPS) is 16.1. The first-order valence-corrected chi connectivity index (χ1v) is 5.61. The average Bonchev–Trinajstić information content (AvgIpc) is 2.29. The summed E-state index contributed by atoms with van der Waals surface area (Å²) in [6.45, 7) is 6.22. The molecular weight excluding hydrogens is 220 g/mol. The van der Waals surface area contributed by atoms with Crippen LogP contribution in [-0.4, -0.2) is 52.2 Å². The second-order valence-corrected chi connectivity index (χ2v) is 4.18. The van der Waals surface area contributed by atoms with E-state index in [0.717, 1.165) is 17.2 Å². The maximum atomic E-state index is 10.8. The number of piperazine rings is 1. The van der Waals surface area contributed by atoms with Gasteiger partial charge in [-0.3, -0.25) is 4.98 Å². The van der Waals surface area contributed by atoms with Crippen molar-refractivity contribution in [1.82, 2.24) is 14.9 Å². The van der Waals surface area contributed by atoms with E-state index in [1.165, 1.54) is 4.90 Å². The van der Waals surface area contributed by atoms with E-state index in [-0.39, 0.29) is 0 Å². The molecule has 1 aliphatic rings. The van der Waals surface area contributed by atoms with Crippen LogP contribution in [0.25, 0.3) is 0 Å². The van der Waals surface area contributed by atoms with Crippen LogP contribution in [0.5, 0.6) is 0 Å². The molecule has 1 amide bonds. The molecule has 1 aromatic rings. The smallest absolute Gasteiger partial charge is 0.407 e. The third kappa shape index (κ3) is 2.46. The number of aryl methyl sites for hydroxylation is 2. The quantitative estimate of drug-likeness (QED) is 0.784. The van der Waals surface area contributed by atoms with Crippen LogP contribution in [0.15, 0.2) is 6.20 Å². The number of carbonyl (C=O) groups is 1. The Morgan fingerprint density at radius 2 is 1.94 bits per heavy atom. The van der Waals surface area contributed by atoms with Gasteiger partial charge in [-0.25, -0.2) is 9.78 Å². The van der Waals surface area contributed by atoms with E-state index in [9.17, 15) is 4.79 Å². The lowest BCUT2D eigenvalue weighted by molar-refractivity contribution is 0.142. The summed E-state index contributed by atoms with van der Waals surface area (Å²) in [6.07, 6.45) is 0.891. The monoisotopic (exact) mass is 236 g/mol. The minimum absolute atomic E-state index is 0.518. The highest BCUT2D eigenvalue weighted by molar-refractivity contribution is 5.65. The van der Waals surface area contributed by atoms with Crippen molar-refractivity contribution in [2.45, 2.75) is 13.8 Å². The maximum absolute atomic E-state index is 10.8. The number of hydrogen-bond acceptors (Lipinski definition) is 4. The van der Waals surface area contributed by atoms with Crippen molar-refractivity contribution in [3.8, 4) is 0 Å². The molecule has 0 aromatic carbocycles. The van der Waals surface area contributed by atoms with Crippen molar-refractivity contribution < 1.29 is 9.90 Å². The summed E-state index contributed by atoms with van der Waals surface area (Å²) in [5.74, 6) is 0.862. The van der Waals surface area contributed by atoms with Crippen LogP contribution in [0.1, 0.15) is 11.4 Å². The van der Waals surface area contributed by atoms with Crippen molar-refractivity contribution in [1.29, 1.82) is 0 Å². The lowest BCUT2D eigenvalue weighted by Crippen LogP contribution is -2.48. The predicted molar refractivity (Wildman–Crippen MR) is 63.3 cm³/mol. The van der Waals surface area contributed by atoms with E-state index in [2.05, 4.69) is 14.9 Å². The molecule has 1 saturated heterocycles. The number of nitrogens with zero attached hydrogens (tertiary/aromatic N) is 4. The summed E-state index contributed by atoms with van der Waals surface area (Å²) >= 11 is 0. The highest BCUT2D eigenvalue weighted by atomic mass is 16.4. The first-order valence-electron chi connectivity index (χ1n) is 5.61. The Kier molecular flexibility index (Phi) is 3.12. The second-order valence-electron chi connectivity index (χ2n) is 4.18. The molecule has 1 N–H and O–H groups in total. The molecule has 2 rings (SSSR count). The molecule has 0 bridgehead atoms. The van der Waals surface area contributed by atoms with Crippen molar-refractivity contribution in [2.24, 2.45) is 0 Å². The van der Waals surface area contributed by atoms with E-state index in [0.29, 0.717) is 26.2 Å². The van der Waals surface area contributed by atoms with Gasteiger partial charge in [-0.05, 0) is 13.8 Å². The minimum Gasteiger partial charge on any atom is -0.465 e. The Hall–Kier alpha value is -1.85. The van der Waals surface area contributed by atoms with E-state index in [4.69, 9.17) is 5.11 Å². The zero-order chi connectivity index (χ0) is 12.4. The molecule has 17 heavy (non-hydrogen) atoms. The second kappa shape index (κ2) is 4.57. The fraction of sp³-hybridized carbons (Fsp3) is 0.545. The number of rotatable bonds is 1. The lowest BCUT2D eigenvalue weighted by Gasteiger charge is -2.34. The molecule has 92 valence electrons. The van der Waals surface area contributed by atoms with E-state index >= 15 is 0 Å². The molecule has 2 heterocycles. The molecule has 1 aliphatic heterocycles. The number of aromatic nitrogens is 2. The predicted octanol–water partition coefficient (Wildman–Crippen LogP) is 0.893. The Bertz CT molecular complexity index is 427. The molecule has 0 unspecified atom stereocenters. The van der Waals surface area contributed by atoms with E-state index < -0.39 is 6.09 Å². The molecule has 0 atom stereocenters. The summed E-state index contributed by atoms with van der Waals surface area (Å²) in [6, 6.07) is 0. The molecule has 0 aliphatic carbocycles. The van der Waals surface area contributed by atoms with Gasteiger partial charge in [0.1, 0.15) is 5.82 Å². The van der Waals surface area contributed by atoms with E-state index in [1.54, 1.807) is 6.20 Å². The summed E-state index contributed by atoms with van der Waals surface area (Å²) in [5.41, 5.74) is 1.80. The van der Waals surface area contributed by atoms with Crippen molar-refractivity contribution in [2.75, 3.05) is 31.1 Å². The van der Waals surface area contributed by atoms with Gasteiger partial charge in [-0.1, -0.05) is 0 Å². The average molecular weight is 236 g/mol. The summed E-state index contributed by atoms with van der Waals surface area (Å²) in [5, 5.41) is 8.87. The molecule has 1 fully saturated rings. The number of amides is 1. The summed E-state index contributed by atoms with van der Waals surface area (Å²) in [7, 11) is 0. The highest BCUT2D eigenvalue weighted by Crippen LogP contribution is 2.16. The molecule has 0 radical (unpaired) electrons. The molecule has 6 heteroatoms. The third-order valence-corrected chi connectivity index (χ3v) is 2.89. The fourth-order valence-electron chi connectivity index (χ4n) is 2.01. The standard InChI is InChI=1S/C11H16N4O2/c1-8-7-12-10(9(2)13-8)14-3-5-15(6-4-14)11(16)17/h7H,3-6H2,1-2H3,(H,16,17). The van der Waals surface area contributed by atoms with Gasteiger partial charge in [0.15, 0.2) is 0 Å². The number of carboxylic acid groups (broad SMARTS) is 1. The SMILES string of the molecule is Cc1cnc(N2CCN(C(=O)O)CC2)c(C)n1. The van der Waals surface area contributed by atoms with Crippen LogP contribution in [0.4, 0.5) is 10.6 Å².